The Kier molecular flexibility index (Phi) is 5.34. The van der Waals surface area contributed by atoms with Crippen molar-refractivity contribution in [2.75, 3.05) is 6.61 Å². The molecular weight excluding hydrogens is 188 g/mol. The van der Waals surface area contributed by atoms with Gasteiger partial charge in [0, 0.05) is 0 Å². The van der Waals surface area contributed by atoms with Crippen molar-refractivity contribution in [1.29, 1.82) is 0 Å². The summed E-state index contributed by atoms with van der Waals surface area (Å²) < 4.78 is 11.1. The summed E-state index contributed by atoms with van der Waals surface area (Å²) in [4.78, 5) is 0. The van der Waals surface area contributed by atoms with Crippen LogP contribution in [-0.2, 0) is 9.47 Å². The van der Waals surface area contributed by atoms with Crippen LogP contribution in [0.2, 0.25) is 0 Å². The second-order valence-corrected chi connectivity index (χ2v) is 4.64. The normalized spacial score (nSPS) is 25.1. The minimum atomic E-state index is -0.392. The molecule has 1 heterocycles. The van der Waals surface area contributed by atoms with Crippen LogP contribution in [0.15, 0.2) is 12.2 Å². The second-order valence-electron chi connectivity index (χ2n) is 4.64. The smallest absolute Gasteiger partial charge is 0.163 e. The molecule has 0 aromatic heterocycles. The van der Waals surface area contributed by atoms with E-state index in [4.69, 9.17) is 9.47 Å². The van der Waals surface area contributed by atoms with E-state index < -0.39 is 5.79 Å². The predicted octanol–water partition coefficient (Wildman–Crippen LogP) is 3.66. The van der Waals surface area contributed by atoms with Crippen molar-refractivity contribution in [3.05, 3.63) is 12.2 Å². The molecule has 15 heavy (non-hydrogen) atoms. The average molecular weight is 212 g/mol. The zero-order valence-corrected chi connectivity index (χ0v) is 10.3. The lowest BCUT2D eigenvalue weighted by atomic mass is 10.1. The van der Waals surface area contributed by atoms with Crippen LogP contribution in [0.5, 0.6) is 0 Å². The standard InChI is InChI=1S/C13H24O2/c1-4-5-6-7-8-9-10-12-11-14-13(2,3)15-12/h9-10,12H,4-8,11H2,1-3H3/b10-9+. The van der Waals surface area contributed by atoms with Crippen molar-refractivity contribution < 1.29 is 9.47 Å². The fraction of sp³-hybridized carbons (Fsp3) is 0.846. The van der Waals surface area contributed by atoms with Gasteiger partial charge < -0.3 is 9.47 Å². The molecule has 1 aliphatic heterocycles. The van der Waals surface area contributed by atoms with Gasteiger partial charge in [0.05, 0.1) is 6.61 Å². The molecule has 0 aliphatic carbocycles. The number of hydrogen-bond donors (Lipinski definition) is 0. The minimum Gasteiger partial charge on any atom is -0.347 e. The summed E-state index contributed by atoms with van der Waals surface area (Å²) in [6, 6.07) is 0. The molecule has 1 atom stereocenters. The molecule has 0 radical (unpaired) electrons. The van der Waals surface area contributed by atoms with Gasteiger partial charge in [-0.3, -0.25) is 0 Å². The van der Waals surface area contributed by atoms with E-state index in [1.54, 1.807) is 0 Å². The summed E-state index contributed by atoms with van der Waals surface area (Å²) in [6.07, 6.45) is 11.0. The highest BCUT2D eigenvalue weighted by molar-refractivity contribution is 4.92. The molecule has 0 aromatic rings. The lowest BCUT2D eigenvalue weighted by Gasteiger charge is -2.15. The Morgan fingerprint density at radius 3 is 2.67 bits per heavy atom. The molecule has 1 unspecified atom stereocenters. The van der Waals surface area contributed by atoms with Gasteiger partial charge in [0.2, 0.25) is 0 Å². The maximum absolute atomic E-state index is 5.67. The van der Waals surface area contributed by atoms with Crippen LogP contribution in [0.25, 0.3) is 0 Å². The molecule has 0 spiro atoms. The fourth-order valence-corrected chi connectivity index (χ4v) is 1.75. The summed E-state index contributed by atoms with van der Waals surface area (Å²) in [5.41, 5.74) is 0. The number of unbranched alkanes of at least 4 members (excludes halogenated alkanes) is 4. The van der Waals surface area contributed by atoms with Gasteiger partial charge >= 0.3 is 0 Å². The Morgan fingerprint density at radius 1 is 1.27 bits per heavy atom. The van der Waals surface area contributed by atoms with Crippen molar-refractivity contribution >= 4 is 0 Å². The summed E-state index contributed by atoms with van der Waals surface area (Å²) in [5.74, 6) is -0.392. The monoisotopic (exact) mass is 212 g/mol. The molecule has 0 bridgehead atoms. The third kappa shape index (κ3) is 5.33. The van der Waals surface area contributed by atoms with Crippen molar-refractivity contribution in [1.82, 2.24) is 0 Å². The van der Waals surface area contributed by atoms with Gasteiger partial charge in [0.15, 0.2) is 5.79 Å². The van der Waals surface area contributed by atoms with Gasteiger partial charge in [-0.05, 0) is 26.7 Å². The van der Waals surface area contributed by atoms with Crippen LogP contribution in [0, 0.1) is 0 Å². The van der Waals surface area contributed by atoms with Crippen molar-refractivity contribution in [2.45, 2.75) is 64.8 Å². The number of hydrogen-bond acceptors (Lipinski definition) is 2. The van der Waals surface area contributed by atoms with E-state index in [-0.39, 0.29) is 6.10 Å². The van der Waals surface area contributed by atoms with Gasteiger partial charge in [-0.15, -0.1) is 0 Å². The van der Waals surface area contributed by atoms with Crippen LogP contribution in [0.1, 0.15) is 52.9 Å². The van der Waals surface area contributed by atoms with Crippen LogP contribution in [0.4, 0.5) is 0 Å². The number of rotatable bonds is 6. The van der Waals surface area contributed by atoms with E-state index in [0.717, 1.165) is 0 Å². The summed E-state index contributed by atoms with van der Waals surface area (Å²) >= 11 is 0. The Labute approximate surface area is 93.7 Å². The number of allylic oxidation sites excluding steroid dienone is 1. The van der Waals surface area contributed by atoms with E-state index in [0.29, 0.717) is 6.61 Å². The molecular formula is C13H24O2. The highest BCUT2D eigenvalue weighted by Gasteiger charge is 2.30. The maximum Gasteiger partial charge on any atom is 0.163 e. The van der Waals surface area contributed by atoms with E-state index in [1.807, 2.05) is 13.8 Å². The zero-order valence-electron chi connectivity index (χ0n) is 10.3. The molecule has 0 saturated carbocycles. The molecule has 2 heteroatoms. The Bertz CT molecular complexity index is 197. The molecule has 1 saturated heterocycles. The topological polar surface area (TPSA) is 18.5 Å². The maximum atomic E-state index is 5.67. The zero-order chi connectivity index (χ0) is 11.1. The average Bonchev–Trinajstić information content (AvgIpc) is 2.52. The first kappa shape index (κ1) is 12.7. The van der Waals surface area contributed by atoms with Crippen LogP contribution in [0.3, 0.4) is 0 Å². The van der Waals surface area contributed by atoms with Crippen molar-refractivity contribution in [2.24, 2.45) is 0 Å². The first-order valence-electron chi connectivity index (χ1n) is 6.12. The third-order valence-electron chi connectivity index (χ3n) is 2.61. The largest absolute Gasteiger partial charge is 0.347 e. The van der Waals surface area contributed by atoms with Crippen molar-refractivity contribution in [3.8, 4) is 0 Å². The summed E-state index contributed by atoms with van der Waals surface area (Å²) in [7, 11) is 0. The number of ether oxygens (including phenoxy) is 2. The molecule has 88 valence electrons. The van der Waals surface area contributed by atoms with Gasteiger partial charge in [0.25, 0.3) is 0 Å². The Morgan fingerprint density at radius 2 is 2.07 bits per heavy atom. The fourth-order valence-electron chi connectivity index (χ4n) is 1.75. The molecule has 1 aliphatic rings. The van der Waals surface area contributed by atoms with E-state index in [1.165, 1.54) is 32.1 Å². The molecule has 0 aromatic carbocycles. The highest BCUT2D eigenvalue weighted by atomic mass is 16.7. The van der Waals surface area contributed by atoms with Gasteiger partial charge in [0.1, 0.15) is 6.10 Å². The second kappa shape index (κ2) is 6.29. The van der Waals surface area contributed by atoms with Crippen LogP contribution < -0.4 is 0 Å². The molecule has 0 amide bonds. The van der Waals surface area contributed by atoms with E-state index >= 15 is 0 Å². The van der Waals surface area contributed by atoms with Gasteiger partial charge in [-0.25, -0.2) is 0 Å². The summed E-state index contributed by atoms with van der Waals surface area (Å²) in [6.45, 7) is 6.85. The quantitative estimate of drug-likeness (QED) is 0.494. The van der Waals surface area contributed by atoms with E-state index in [9.17, 15) is 0 Å². The van der Waals surface area contributed by atoms with Crippen LogP contribution in [-0.4, -0.2) is 18.5 Å². The Hall–Kier alpha value is -0.340. The Balaban J connectivity index is 2.06. The molecule has 1 fully saturated rings. The minimum absolute atomic E-state index is 0.158. The van der Waals surface area contributed by atoms with Gasteiger partial charge in [-0.1, -0.05) is 38.3 Å². The van der Waals surface area contributed by atoms with Crippen LogP contribution >= 0.6 is 0 Å². The highest BCUT2D eigenvalue weighted by Crippen LogP contribution is 2.22. The van der Waals surface area contributed by atoms with E-state index in [2.05, 4.69) is 19.1 Å². The SMILES string of the molecule is CCCCCC/C=C/C1COC(C)(C)O1. The molecule has 0 N–H and O–H groups in total. The first-order chi connectivity index (χ1) is 7.14. The third-order valence-corrected chi connectivity index (χ3v) is 2.61. The van der Waals surface area contributed by atoms with Crippen molar-refractivity contribution in [3.63, 3.8) is 0 Å². The first-order valence-corrected chi connectivity index (χ1v) is 6.12. The lowest BCUT2D eigenvalue weighted by Crippen LogP contribution is -2.20. The summed E-state index contributed by atoms with van der Waals surface area (Å²) in [5, 5.41) is 0. The molecule has 1 rings (SSSR count). The van der Waals surface area contributed by atoms with Gasteiger partial charge in [-0.2, -0.15) is 0 Å². The predicted molar refractivity (Wildman–Crippen MR) is 62.8 cm³/mol. The lowest BCUT2D eigenvalue weighted by molar-refractivity contribution is -0.133. The molecule has 2 nitrogen and oxygen atoms in total.